The number of rotatable bonds is 2. The van der Waals surface area contributed by atoms with Gasteiger partial charge in [0.15, 0.2) is 0 Å². The zero-order valence-electron chi connectivity index (χ0n) is 16.2. The third-order valence-electron chi connectivity index (χ3n) is 6.51. The number of amides is 1. The molecular weight excluding hydrogens is 374 g/mol. The summed E-state index contributed by atoms with van der Waals surface area (Å²) in [6.07, 6.45) is 2.54. The fraction of sp³-hybridized carbons (Fsp3) is 0.474. The van der Waals surface area contributed by atoms with Gasteiger partial charge in [0, 0.05) is 31.0 Å². The number of aliphatic hydroxyl groups is 1. The molecule has 29 heavy (non-hydrogen) atoms. The van der Waals surface area contributed by atoms with E-state index in [9.17, 15) is 14.7 Å². The quantitative estimate of drug-likeness (QED) is 0.551. The van der Waals surface area contributed by atoms with Crippen LogP contribution in [0, 0.1) is 6.92 Å². The molecule has 10 nitrogen and oxygen atoms in total. The lowest BCUT2D eigenvalue weighted by atomic mass is 9.90. The number of nitrogens with two attached hydrogens (primary N) is 1. The van der Waals surface area contributed by atoms with Crippen molar-refractivity contribution in [1.82, 2.24) is 24.8 Å². The van der Waals surface area contributed by atoms with Crippen LogP contribution in [-0.2, 0) is 5.66 Å². The number of aliphatic hydroxyl groups excluding tert-OH is 1. The Kier molecular flexibility index (Phi) is 3.74. The second-order valence-electron chi connectivity index (χ2n) is 8.27. The van der Waals surface area contributed by atoms with Gasteiger partial charge >= 0.3 is 0 Å². The van der Waals surface area contributed by atoms with Crippen molar-refractivity contribution in [1.29, 1.82) is 0 Å². The number of piperidine rings is 1. The number of pyridine rings is 1. The first-order valence-corrected chi connectivity index (χ1v) is 9.63. The maximum atomic E-state index is 13.5. The summed E-state index contributed by atoms with van der Waals surface area (Å²) >= 11 is 0. The van der Waals surface area contributed by atoms with E-state index in [-0.39, 0.29) is 29.4 Å². The molecule has 0 aromatic carbocycles. The normalized spacial score (nSPS) is 30.4. The van der Waals surface area contributed by atoms with Crippen LogP contribution in [0.5, 0.6) is 0 Å². The third kappa shape index (κ3) is 2.56. The number of carbonyl (C=O) groups excluding carboxylic acids is 1. The van der Waals surface area contributed by atoms with Crippen molar-refractivity contribution in [2.75, 3.05) is 18.1 Å². The number of aromatic nitrogens is 3. The van der Waals surface area contributed by atoms with E-state index >= 15 is 0 Å². The molecule has 0 saturated carbocycles. The van der Waals surface area contributed by atoms with Gasteiger partial charge in [-0.2, -0.15) is 0 Å². The molecule has 2 fully saturated rings. The number of hydrogen-bond acceptors (Lipinski definition) is 8. The topological polar surface area (TPSA) is 138 Å². The smallest absolute Gasteiger partial charge is 0.276 e. The SMILES string of the molecule is Cc1cc(Nc2cc(N)ncn2)c(=O)n2c1C(=O)NC21CC2CC(O)C(C1)N2C. The van der Waals surface area contributed by atoms with Crippen LogP contribution in [0.1, 0.15) is 35.3 Å². The number of anilines is 3. The van der Waals surface area contributed by atoms with Crippen molar-refractivity contribution in [3.8, 4) is 0 Å². The van der Waals surface area contributed by atoms with Crippen molar-refractivity contribution in [2.24, 2.45) is 0 Å². The average Bonchev–Trinajstić information content (AvgIpc) is 3.01. The van der Waals surface area contributed by atoms with E-state index < -0.39 is 11.8 Å². The van der Waals surface area contributed by atoms with Gasteiger partial charge in [-0.15, -0.1) is 0 Å². The lowest BCUT2D eigenvalue weighted by Crippen LogP contribution is -2.58. The Bertz CT molecular complexity index is 1080. The van der Waals surface area contributed by atoms with Crippen molar-refractivity contribution < 1.29 is 9.90 Å². The minimum atomic E-state index is -0.837. The molecule has 1 spiro atoms. The van der Waals surface area contributed by atoms with Crippen LogP contribution < -0.4 is 21.9 Å². The molecule has 0 aliphatic carbocycles. The van der Waals surface area contributed by atoms with Gasteiger partial charge in [-0.25, -0.2) is 9.97 Å². The van der Waals surface area contributed by atoms with E-state index in [1.165, 1.54) is 12.4 Å². The van der Waals surface area contributed by atoms with E-state index in [2.05, 4.69) is 25.5 Å². The first-order valence-electron chi connectivity index (χ1n) is 9.63. The van der Waals surface area contributed by atoms with Crippen molar-refractivity contribution in [3.05, 3.63) is 40.1 Å². The first-order chi connectivity index (χ1) is 13.8. The van der Waals surface area contributed by atoms with E-state index in [0.717, 1.165) is 0 Å². The molecule has 4 unspecified atom stereocenters. The summed E-state index contributed by atoms with van der Waals surface area (Å²) in [5, 5.41) is 16.5. The van der Waals surface area contributed by atoms with Crippen LogP contribution in [0.2, 0.25) is 0 Å². The highest BCUT2D eigenvalue weighted by atomic mass is 16.3. The molecule has 4 atom stereocenters. The largest absolute Gasteiger partial charge is 0.391 e. The molecule has 3 aliphatic heterocycles. The van der Waals surface area contributed by atoms with E-state index in [4.69, 9.17) is 5.73 Å². The van der Waals surface area contributed by atoms with Gasteiger partial charge in [0.1, 0.15) is 35.0 Å². The molecule has 2 aromatic heterocycles. The zero-order chi connectivity index (χ0) is 20.5. The van der Waals surface area contributed by atoms with Crippen LogP contribution in [0.15, 0.2) is 23.3 Å². The van der Waals surface area contributed by atoms with Crippen LogP contribution in [0.25, 0.3) is 0 Å². The first kappa shape index (κ1) is 18.1. The number of aryl methyl sites for hydroxylation is 1. The van der Waals surface area contributed by atoms with E-state index in [1.807, 2.05) is 14.0 Å². The number of nitrogens with zero attached hydrogens (tertiary/aromatic N) is 4. The Morgan fingerprint density at radius 2 is 2.10 bits per heavy atom. The highest BCUT2D eigenvalue weighted by molar-refractivity contribution is 5.97. The van der Waals surface area contributed by atoms with E-state index in [0.29, 0.717) is 42.0 Å². The van der Waals surface area contributed by atoms with E-state index in [1.54, 1.807) is 10.6 Å². The predicted molar refractivity (Wildman–Crippen MR) is 106 cm³/mol. The molecule has 5 heterocycles. The van der Waals surface area contributed by atoms with Crippen molar-refractivity contribution in [2.45, 2.75) is 50.0 Å². The standard InChI is InChI=1S/C19H23N7O3/c1-9-3-11(23-15-5-14(20)21-8-22-15)18(29)26-16(9)17(28)24-19(26)6-10-4-13(27)12(7-19)25(10)2/h3,5,8,10,12-13,27H,4,6-7H2,1-2H3,(H,24,28)(H3,20,21,22,23). The molecule has 0 radical (unpaired) electrons. The summed E-state index contributed by atoms with van der Waals surface area (Å²) in [5.41, 5.74) is 5.94. The van der Waals surface area contributed by atoms with Gasteiger partial charge in [-0.3, -0.25) is 19.1 Å². The maximum Gasteiger partial charge on any atom is 0.276 e. The monoisotopic (exact) mass is 397 g/mol. The van der Waals surface area contributed by atoms with Gasteiger partial charge in [-0.1, -0.05) is 0 Å². The lowest BCUT2D eigenvalue weighted by Gasteiger charge is -2.44. The molecule has 3 aliphatic rings. The summed E-state index contributed by atoms with van der Waals surface area (Å²) in [5.74, 6) is 0.435. The van der Waals surface area contributed by atoms with Crippen LogP contribution in [0.3, 0.4) is 0 Å². The summed E-state index contributed by atoms with van der Waals surface area (Å²) in [6.45, 7) is 1.81. The maximum absolute atomic E-state index is 13.5. The fourth-order valence-electron chi connectivity index (χ4n) is 5.18. The number of nitrogen functional groups attached to an aromatic ring is 1. The average molecular weight is 397 g/mol. The number of fused-ring (bicyclic) bond motifs is 4. The Morgan fingerprint density at radius 3 is 2.83 bits per heavy atom. The van der Waals surface area contributed by atoms with Crippen LogP contribution in [-0.4, -0.2) is 55.7 Å². The second kappa shape index (κ2) is 6.01. The molecule has 2 bridgehead atoms. The molecule has 2 saturated heterocycles. The van der Waals surface area contributed by atoms with Crippen molar-refractivity contribution in [3.63, 3.8) is 0 Å². The Labute approximate surface area is 166 Å². The number of nitrogens with one attached hydrogen (secondary N) is 2. The minimum absolute atomic E-state index is 0.0977. The van der Waals surface area contributed by atoms with Gasteiger partial charge in [-0.05, 0) is 32.0 Å². The number of likely N-dealkylation sites (N-methyl/N-ethyl adjacent to an activating group) is 1. The van der Waals surface area contributed by atoms with Crippen LogP contribution >= 0.6 is 0 Å². The molecular formula is C19H23N7O3. The molecule has 152 valence electrons. The number of carbonyl (C=O) groups is 1. The van der Waals surface area contributed by atoms with Crippen LogP contribution in [0.4, 0.5) is 17.3 Å². The van der Waals surface area contributed by atoms with Gasteiger partial charge in [0.25, 0.3) is 11.5 Å². The Hall–Kier alpha value is -2.98. The highest BCUT2D eigenvalue weighted by Gasteiger charge is 2.56. The van der Waals surface area contributed by atoms with Gasteiger partial charge in [0.05, 0.1) is 6.10 Å². The molecule has 1 amide bonds. The van der Waals surface area contributed by atoms with Gasteiger partial charge < -0.3 is 21.5 Å². The zero-order valence-corrected chi connectivity index (χ0v) is 16.2. The highest BCUT2D eigenvalue weighted by Crippen LogP contribution is 2.44. The molecule has 5 rings (SSSR count). The predicted octanol–water partition coefficient (Wildman–Crippen LogP) is -0.104. The lowest BCUT2D eigenvalue weighted by molar-refractivity contribution is 0.0271. The third-order valence-corrected chi connectivity index (χ3v) is 6.51. The summed E-state index contributed by atoms with van der Waals surface area (Å²) < 4.78 is 1.59. The Morgan fingerprint density at radius 1 is 1.31 bits per heavy atom. The van der Waals surface area contributed by atoms with Crippen molar-refractivity contribution >= 4 is 23.2 Å². The minimum Gasteiger partial charge on any atom is -0.391 e. The summed E-state index contributed by atoms with van der Waals surface area (Å²) in [6, 6.07) is 3.19. The summed E-state index contributed by atoms with van der Waals surface area (Å²) in [7, 11) is 1.99. The Balaban J connectivity index is 1.63. The van der Waals surface area contributed by atoms with Gasteiger partial charge in [0.2, 0.25) is 0 Å². The molecule has 2 aromatic rings. The number of hydrogen-bond donors (Lipinski definition) is 4. The summed E-state index contributed by atoms with van der Waals surface area (Å²) in [4.78, 5) is 36.4. The molecule has 10 heteroatoms. The second-order valence-corrected chi connectivity index (χ2v) is 8.27. The fourth-order valence-corrected chi connectivity index (χ4v) is 5.18. The molecule has 5 N–H and O–H groups in total.